The number of ether oxygens (including phenoxy) is 1. The van der Waals surface area contributed by atoms with E-state index < -0.39 is 30.1 Å². The molecule has 2 atom stereocenters. The van der Waals surface area contributed by atoms with Crippen LogP contribution in [0.2, 0.25) is 0 Å². The summed E-state index contributed by atoms with van der Waals surface area (Å²) in [6.07, 6.45) is 2.17. The SMILES string of the molecule is CCOC(=O)[C@H](CCc1ccccc1)NN(C)C(=O)N1CCC[C@H]1C(=O)O. The molecule has 1 aromatic rings. The molecule has 8 nitrogen and oxygen atoms in total. The first-order valence-corrected chi connectivity index (χ1v) is 9.18. The largest absolute Gasteiger partial charge is 0.480 e. The zero-order chi connectivity index (χ0) is 19.8. The molecule has 0 radical (unpaired) electrons. The molecule has 2 rings (SSSR count). The van der Waals surface area contributed by atoms with E-state index in [1.807, 2.05) is 30.3 Å². The highest BCUT2D eigenvalue weighted by molar-refractivity contribution is 5.83. The summed E-state index contributed by atoms with van der Waals surface area (Å²) in [5.74, 6) is -1.45. The van der Waals surface area contributed by atoms with Crippen LogP contribution in [-0.4, -0.2) is 65.3 Å². The summed E-state index contributed by atoms with van der Waals surface area (Å²) < 4.78 is 5.11. The predicted octanol–water partition coefficient (Wildman–Crippen LogP) is 1.66. The van der Waals surface area contributed by atoms with Crippen molar-refractivity contribution in [2.45, 2.75) is 44.7 Å². The lowest BCUT2D eigenvalue weighted by atomic mass is 10.1. The summed E-state index contributed by atoms with van der Waals surface area (Å²) >= 11 is 0. The number of hydrazine groups is 1. The third kappa shape index (κ3) is 5.68. The number of nitrogens with one attached hydrogen (secondary N) is 1. The first kappa shape index (κ1) is 20.7. The summed E-state index contributed by atoms with van der Waals surface area (Å²) in [7, 11) is 1.49. The summed E-state index contributed by atoms with van der Waals surface area (Å²) in [5, 5.41) is 10.4. The number of amides is 2. The number of hydrogen-bond donors (Lipinski definition) is 2. The Bertz CT molecular complexity index is 652. The molecular weight excluding hydrogens is 350 g/mol. The molecule has 0 aliphatic carbocycles. The zero-order valence-corrected chi connectivity index (χ0v) is 15.8. The highest BCUT2D eigenvalue weighted by atomic mass is 16.5. The standard InChI is InChI=1S/C19H27N3O5/c1-3-27-18(25)15(12-11-14-8-5-4-6-9-14)20-21(2)19(26)22-13-7-10-16(22)17(23)24/h4-6,8-9,15-16,20H,3,7,10-13H2,1-2H3,(H,23,24)/t15-,16-/m0/s1. The minimum absolute atomic E-state index is 0.243. The second-order valence-corrected chi connectivity index (χ2v) is 6.49. The highest BCUT2D eigenvalue weighted by Gasteiger charge is 2.36. The van der Waals surface area contributed by atoms with Crippen molar-refractivity contribution in [2.75, 3.05) is 20.2 Å². The lowest BCUT2D eigenvalue weighted by molar-refractivity contribution is -0.147. The highest BCUT2D eigenvalue weighted by Crippen LogP contribution is 2.18. The summed E-state index contributed by atoms with van der Waals surface area (Å²) in [4.78, 5) is 37.5. The second kappa shape index (κ2) is 9.91. The Hall–Kier alpha value is -2.61. The van der Waals surface area contributed by atoms with Gasteiger partial charge in [0.05, 0.1) is 6.61 Å². The van der Waals surface area contributed by atoms with Crippen molar-refractivity contribution in [3.8, 4) is 0 Å². The van der Waals surface area contributed by atoms with Crippen LogP contribution in [0.25, 0.3) is 0 Å². The molecule has 27 heavy (non-hydrogen) atoms. The summed E-state index contributed by atoms with van der Waals surface area (Å²) in [5.41, 5.74) is 3.96. The number of nitrogens with zero attached hydrogens (tertiary/aromatic N) is 2. The van der Waals surface area contributed by atoms with Crippen molar-refractivity contribution < 1.29 is 24.2 Å². The van der Waals surface area contributed by atoms with E-state index in [0.29, 0.717) is 32.2 Å². The number of carbonyl (C=O) groups is 3. The number of aryl methyl sites for hydroxylation is 1. The van der Waals surface area contributed by atoms with Gasteiger partial charge in [0.25, 0.3) is 0 Å². The fourth-order valence-corrected chi connectivity index (χ4v) is 3.17. The Balaban J connectivity index is 2.01. The maximum Gasteiger partial charge on any atom is 0.334 e. The average Bonchev–Trinajstić information content (AvgIpc) is 3.15. The number of carbonyl (C=O) groups excluding carboxylic acids is 2. The monoisotopic (exact) mass is 377 g/mol. The third-order valence-electron chi connectivity index (χ3n) is 4.56. The van der Waals surface area contributed by atoms with Crippen LogP contribution in [0.1, 0.15) is 31.7 Å². The number of aliphatic carboxylic acids is 1. The topological polar surface area (TPSA) is 99.2 Å². The molecule has 2 N–H and O–H groups in total. The molecule has 1 aliphatic rings. The number of rotatable bonds is 8. The van der Waals surface area contributed by atoms with Crippen LogP contribution >= 0.6 is 0 Å². The fraction of sp³-hybridized carbons (Fsp3) is 0.526. The molecule has 148 valence electrons. The van der Waals surface area contributed by atoms with Gasteiger partial charge in [-0.2, -0.15) is 0 Å². The number of likely N-dealkylation sites (tertiary alicyclic amines) is 1. The van der Waals surface area contributed by atoms with Gasteiger partial charge in [0.2, 0.25) is 0 Å². The van der Waals surface area contributed by atoms with Gasteiger partial charge >= 0.3 is 18.0 Å². The fourth-order valence-electron chi connectivity index (χ4n) is 3.17. The van der Waals surface area contributed by atoms with Gasteiger partial charge in [-0.3, -0.25) is 9.80 Å². The van der Waals surface area contributed by atoms with Gasteiger partial charge in [-0.25, -0.2) is 15.0 Å². The van der Waals surface area contributed by atoms with E-state index in [0.717, 1.165) is 5.56 Å². The molecule has 0 bridgehead atoms. The van der Waals surface area contributed by atoms with Gasteiger partial charge in [0.1, 0.15) is 12.1 Å². The molecule has 0 spiro atoms. The molecule has 0 unspecified atom stereocenters. The normalized spacial score (nSPS) is 17.4. The minimum atomic E-state index is -1.01. The van der Waals surface area contributed by atoms with Crippen molar-refractivity contribution in [1.29, 1.82) is 0 Å². The van der Waals surface area contributed by atoms with Crippen LogP contribution in [0, 0.1) is 0 Å². The molecule has 0 aromatic heterocycles. The number of hydrogen-bond acceptors (Lipinski definition) is 5. The molecule has 8 heteroatoms. The van der Waals surface area contributed by atoms with Gasteiger partial charge < -0.3 is 14.7 Å². The number of carboxylic acids is 1. The van der Waals surface area contributed by atoms with E-state index in [1.165, 1.54) is 17.0 Å². The third-order valence-corrected chi connectivity index (χ3v) is 4.56. The average molecular weight is 377 g/mol. The van der Waals surface area contributed by atoms with Crippen molar-refractivity contribution in [1.82, 2.24) is 15.3 Å². The zero-order valence-electron chi connectivity index (χ0n) is 15.8. The van der Waals surface area contributed by atoms with E-state index >= 15 is 0 Å². The van der Waals surface area contributed by atoms with Crippen molar-refractivity contribution >= 4 is 18.0 Å². The lowest BCUT2D eigenvalue weighted by Gasteiger charge is -2.30. The van der Waals surface area contributed by atoms with Gasteiger partial charge in [-0.15, -0.1) is 0 Å². The Morgan fingerprint density at radius 1 is 1.33 bits per heavy atom. The maximum atomic E-state index is 12.6. The van der Waals surface area contributed by atoms with Crippen LogP contribution in [0.5, 0.6) is 0 Å². The van der Waals surface area contributed by atoms with Crippen molar-refractivity contribution in [2.24, 2.45) is 0 Å². The number of esters is 1. The number of urea groups is 1. The first-order chi connectivity index (χ1) is 12.9. The van der Waals surface area contributed by atoms with Gasteiger partial charge in [0.15, 0.2) is 0 Å². The Morgan fingerprint density at radius 2 is 2.04 bits per heavy atom. The predicted molar refractivity (Wildman–Crippen MR) is 98.8 cm³/mol. The molecular formula is C19H27N3O5. The molecule has 1 heterocycles. The van der Waals surface area contributed by atoms with Crippen molar-refractivity contribution in [3.05, 3.63) is 35.9 Å². The van der Waals surface area contributed by atoms with Crippen LogP contribution in [0.15, 0.2) is 30.3 Å². The van der Waals surface area contributed by atoms with Gasteiger partial charge in [-0.05, 0) is 38.2 Å². The minimum Gasteiger partial charge on any atom is -0.480 e. The van der Waals surface area contributed by atoms with Gasteiger partial charge in [0, 0.05) is 13.6 Å². The molecule has 1 aromatic carbocycles. The second-order valence-electron chi connectivity index (χ2n) is 6.49. The van der Waals surface area contributed by atoms with Crippen molar-refractivity contribution in [3.63, 3.8) is 0 Å². The van der Waals surface area contributed by atoms with E-state index in [4.69, 9.17) is 4.74 Å². The maximum absolute atomic E-state index is 12.6. The van der Waals surface area contributed by atoms with Gasteiger partial charge in [-0.1, -0.05) is 30.3 Å². The van der Waals surface area contributed by atoms with E-state index in [9.17, 15) is 19.5 Å². The Labute approximate surface area is 159 Å². The van der Waals surface area contributed by atoms with Crippen LogP contribution in [0.4, 0.5) is 4.79 Å². The smallest absolute Gasteiger partial charge is 0.334 e. The molecule has 2 amide bonds. The van der Waals surface area contributed by atoms with E-state index in [2.05, 4.69) is 5.43 Å². The Kier molecular flexibility index (Phi) is 7.60. The van der Waals surface area contributed by atoms with E-state index in [1.54, 1.807) is 6.92 Å². The van der Waals surface area contributed by atoms with Crippen LogP contribution in [0.3, 0.4) is 0 Å². The molecule has 1 saturated heterocycles. The molecule has 1 aliphatic heterocycles. The first-order valence-electron chi connectivity index (χ1n) is 9.18. The Morgan fingerprint density at radius 3 is 2.67 bits per heavy atom. The summed E-state index contributed by atoms with van der Waals surface area (Å²) in [6, 6.07) is 7.73. The number of carboxylic acid groups (broad SMARTS) is 1. The quantitative estimate of drug-likeness (QED) is 0.528. The van der Waals surface area contributed by atoms with E-state index in [-0.39, 0.29) is 6.61 Å². The molecule has 0 saturated carbocycles. The summed E-state index contributed by atoms with van der Waals surface area (Å²) in [6.45, 7) is 2.35. The lowest BCUT2D eigenvalue weighted by Crippen LogP contribution is -2.55. The van der Waals surface area contributed by atoms with Crippen LogP contribution in [-0.2, 0) is 20.7 Å². The van der Waals surface area contributed by atoms with Crippen LogP contribution < -0.4 is 5.43 Å². The number of benzene rings is 1. The molecule has 1 fully saturated rings.